The number of aryl methyl sites for hydroxylation is 1. The van der Waals surface area contributed by atoms with Gasteiger partial charge in [-0.2, -0.15) is 9.97 Å². The molecule has 0 aliphatic rings. The zero-order valence-corrected chi connectivity index (χ0v) is 9.14. The van der Waals surface area contributed by atoms with Crippen LogP contribution in [0.3, 0.4) is 0 Å². The maximum Gasteiger partial charge on any atom is 0.226 e. The molecule has 0 bridgehead atoms. The van der Waals surface area contributed by atoms with Crippen molar-refractivity contribution in [3.63, 3.8) is 0 Å². The van der Waals surface area contributed by atoms with Gasteiger partial charge in [-0.3, -0.25) is 0 Å². The Bertz CT molecular complexity index is 539. The van der Waals surface area contributed by atoms with Gasteiger partial charge in [-0.1, -0.05) is 12.1 Å². The minimum Gasteiger partial charge on any atom is -0.436 e. The summed E-state index contributed by atoms with van der Waals surface area (Å²) in [5.74, 6) is -0.112. The van der Waals surface area contributed by atoms with Crippen LogP contribution in [0.2, 0.25) is 0 Å². The smallest absolute Gasteiger partial charge is 0.226 e. The number of hydrogen-bond donors (Lipinski definition) is 2. The third kappa shape index (κ3) is 2.41. The first kappa shape index (κ1) is 11.1. The molecular weight excluding hydrogens is 223 g/mol. The summed E-state index contributed by atoms with van der Waals surface area (Å²) < 4.78 is 18.9. The molecule has 2 rings (SSSR count). The highest BCUT2D eigenvalue weighted by Gasteiger charge is 2.08. The van der Waals surface area contributed by atoms with Gasteiger partial charge in [0.05, 0.1) is 0 Å². The van der Waals surface area contributed by atoms with Crippen LogP contribution in [0.5, 0.6) is 11.6 Å². The number of anilines is 2. The second-order valence-corrected chi connectivity index (χ2v) is 3.48. The van der Waals surface area contributed by atoms with E-state index in [0.717, 1.165) is 0 Å². The van der Waals surface area contributed by atoms with E-state index in [1.54, 1.807) is 19.1 Å². The number of benzene rings is 1. The Balaban J connectivity index is 2.34. The van der Waals surface area contributed by atoms with E-state index in [0.29, 0.717) is 5.56 Å². The SMILES string of the molecule is Cc1cccc(Oc2cc(N)nc(N)n2)c1F. The average molecular weight is 234 g/mol. The minimum absolute atomic E-state index is 0.0203. The van der Waals surface area contributed by atoms with Crippen molar-refractivity contribution in [3.8, 4) is 11.6 Å². The lowest BCUT2D eigenvalue weighted by Gasteiger charge is -2.07. The molecule has 0 fully saturated rings. The molecule has 6 heteroatoms. The van der Waals surface area contributed by atoms with Gasteiger partial charge in [-0.05, 0) is 18.6 Å². The predicted octanol–water partition coefficient (Wildman–Crippen LogP) is 1.88. The van der Waals surface area contributed by atoms with Crippen molar-refractivity contribution in [2.75, 3.05) is 11.5 Å². The van der Waals surface area contributed by atoms with Gasteiger partial charge < -0.3 is 16.2 Å². The maximum absolute atomic E-state index is 13.7. The highest BCUT2D eigenvalue weighted by Crippen LogP contribution is 2.25. The lowest BCUT2D eigenvalue weighted by Crippen LogP contribution is -2.01. The number of halogens is 1. The van der Waals surface area contributed by atoms with Gasteiger partial charge in [0.1, 0.15) is 5.82 Å². The van der Waals surface area contributed by atoms with E-state index in [2.05, 4.69) is 9.97 Å². The second kappa shape index (κ2) is 4.25. The first-order chi connectivity index (χ1) is 8.06. The average Bonchev–Trinajstić information content (AvgIpc) is 2.23. The molecule has 0 aliphatic carbocycles. The topological polar surface area (TPSA) is 87.0 Å². The Morgan fingerprint density at radius 1 is 1.24 bits per heavy atom. The van der Waals surface area contributed by atoms with Crippen molar-refractivity contribution in [1.29, 1.82) is 0 Å². The van der Waals surface area contributed by atoms with E-state index < -0.39 is 5.82 Å². The van der Waals surface area contributed by atoms with Gasteiger partial charge in [0.25, 0.3) is 0 Å². The molecule has 0 aliphatic heterocycles. The Kier molecular flexibility index (Phi) is 2.78. The summed E-state index contributed by atoms with van der Waals surface area (Å²) in [6.07, 6.45) is 0. The zero-order valence-electron chi connectivity index (χ0n) is 9.14. The third-order valence-electron chi connectivity index (χ3n) is 2.11. The molecule has 0 radical (unpaired) electrons. The van der Waals surface area contributed by atoms with Crippen molar-refractivity contribution < 1.29 is 9.13 Å². The molecule has 0 amide bonds. The van der Waals surface area contributed by atoms with E-state index in [9.17, 15) is 4.39 Å². The minimum atomic E-state index is -0.441. The molecule has 1 aromatic heterocycles. The van der Waals surface area contributed by atoms with Gasteiger partial charge in [0.2, 0.25) is 11.8 Å². The molecule has 1 heterocycles. The number of hydrogen-bond acceptors (Lipinski definition) is 5. The summed E-state index contributed by atoms with van der Waals surface area (Å²) in [5.41, 5.74) is 11.4. The van der Waals surface area contributed by atoms with Crippen LogP contribution < -0.4 is 16.2 Å². The highest BCUT2D eigenvalue weighted by atomic mass is 19.1. The second-order valence-electron chi connectivity index (χ2n) is 3.48. The van der Waals surface area contributed by atoms with Crippen molar-refractivity contribution in [1.82, 2.24) is 9.97 Å². The van der Waals surface area contributed by atoms with Crippen LogP contribution in [-0.2, 0) is 0 Å². The number of nitrogens with zero attached hydrogens (tertiary/aromatic N) is 2. The molecule has 0 unspecified atom stereocenters. The standard InChI is InChI=1S/C11H11FN4O/c1-6-3-2-4-7(10(6)12)17-9-5-8(13)15-11(14)16-9/h2-5H,1H3,(H4,13,14,15,16). The van der Waals surface area contributed by atoms with Crippen LogP contribution in [0.25, 0.3) is 0 Å². The molecule has 17 heavy (non-hydrogen) atoms. The Hall–Kier alpha value is -2.37. The number of nitrogens with two attached hydrogens (primary N) is 2. The number of ether oxygens (including phenoxy) is 1. The lowest BCUT2D eigenvalue weighted by molar-refractivity contribution is 0.425. The number of aromatic nitrogens is 2. The van der Waals surface area contributed by atoms with E-state index in [-0.39, 0.29) is 23.4 Å². The van der Waals surface area contributed by atoms with Crippen LogP contribution in [0.4, 0.5) is 16.2 Å². The van der Waals surface area contributed by atoms with Crippen LogP contribution in [0.15, 0.2) is 24.3 Å². The van der Waals surface area contributed by atoms with Crippen molar-refractivity contribution >= 4 is 11.8 Å². The van der Waals surface area contributed by atoms with Crippen LogP contribution in [0, 0.1) is 12.7 Å². The molecule has 0 saturated heterocycles. The lowest BCUT2D eigenvalue weighted by atomic mass is 10.2. The third-order valence-corrected chi connectivity index (χ3v) is 2.11. The predicted molar refractivity (Wildman–Crippen MR) is 62.1 cm³/mol. The van der Waals surface area contributed by atoms with Gasteiger partial charge >= 0.3 is 0 Å². The molecule has 5 nitrogen and oxygen atoms in total. The summed E-state index contributed by atoms with van der Waals surface area (Å²) in [6.45, 7) is 1.64. The fourth-order valence-corrected chi connectivity index (χ4v) is 1.33. The molecule has 88 valence electrons. The van der Waals surface area contributed by atoms with Crippen LogP contribution in [-0.4, -0.2) is 9.97 Å². The molecular formula is C11H11FN4O. The van der Waals surface area contributed by atoms with E-state index in [1.807, 2.05) is 0 Å². The summed E-state index contributed by atoms with van der Waals surface area (Å²) in [6, 6.07) is 6.20. The summed E-state index contributed by atoms with van der Waals surface area (Å²) in [4.78, 5) is 7.48. The zero-order chi connectivity index (χ0) is 12.4. The fraction of sp³-hybridized carbons (Fsp3) is 0.0909. The molecule has 4 N–H and O–H groups in total. The Morgan fingerprint density at radius 3 is 2.71 bits per heavy atom. The summed E-state index contributed by atoms with van der Waals surface area (Å²) >= 11 is 0. The first-order valence-corrected chi connectivity index (χ1v) is 4.89. The molecule has 0 atom stereocenters. The number of rotatable bonds is 2. The maximum atomic E-state index is 13.7. The van der Waals surface area contributed by atoms with Crippen molar-refractivity contribution in [3.05, 3.63) is 35.6 Å². The van der Waals surface area contributed by atoms with E-state index in [4.69, 9.17) is 16.2 Å². The van der Waals surface area contributed by atoms with E-state index >= 15 is 0 Å². The van der Waals surface area contributed by atoms with Crippen molar-refractivity contribution in [2.45, 2.75) is 6.92 Å². The highest BCUT2D eigenvalue weighted by molar-refractivity contribution is 5.41. The van der Waals surface area contributed by atoms with Gasteiger partial charge in [0.15, 0.2) is 11.6 Å². The molecule has 0 spiro atoms. The molecule has 2 aromatic rings. The first-order valence-electron chi connectivity index (χ1n) is 4.89. The van der Waals surface area contributed by atoms with Crippen LogP contribution >= 0.6 is 0 Å². The quantitative estimate of drug-likeness (QED) is 0.828. The monoisotopic (exact) mass is 234 g/mol. The van der Waals surface area contributed by atoms with Gasteiger partial charge in [-0.15, -0.1) is 0 Å². The van der Waals surface area contributed by atoms with E-state index in [1.165, 1.54) is 12.1 Å². The normalized spacial score (nSPS) is 10.2. The van der Waals surface area contributed by atoms with Crippen LogP contribution in [0.1, 0.15) is 5.56 Å². The molecule has 0 saturated carbocycles. The van der Waals surface area contributed by atoms with Gasteiger partial charge in [0, 0.05) is 6.07 Å². The Morgan fingerprint density at radius 2 is 2.00 bits per heavy atom. The number of nitrogen functional groups attached to an aromatic ring is 2. The summed E-state index contributed by atoms with van der Waals surface area (Å²) in [5, 5.41) is 0. The summed E-state index contributed by atoms with van der Waals surface area (Å²) in [7, 11) is 0. The largest absolute Gasteiger partial charge is 0.436 e. The van der Waals surface area contributed by atoms with Gasteiger partial charge in [-0.25, -0.2) is 4.39 Å². The molecule has 1 aromatic carbocycles. The van der Waals surface area contributed by atoms with Crippen molar-refractivity contribution in [2.24, 2.45) is 0 Å². The fourth-order valence-electron chi connectivity index (χ4n) is 1.33. The Labute approximate surface area is 97.3 Å².